The molecule has 0 spiro atoms. The molecule has 3 heterocycles. The molecule has 1 aromatic carbocycles. The Bertz CT molecular complexity index is 1340. The van der Waals surface area contributed by atoms with E-state index in [1.54, 1.807) is 18.3 Å². The molecule has 2 aromatic heterocycles. The number of aryl methyl sites for hydroxylation is 1. The zero-order valence-electron chi connectivity index (χ0n) is 21.6. The zero-order chi connectivity index (χ0) is 26.3. The number of piperazine rings is 1. The first-order valence-electron chi connectivity index (χ1n) is 12.4. The summed E-state index contributed by atoms with van der Waals surface area (Å²) in [5.74, 6) is -0.248. The van der Waals surface area contributed by atoms with Gasteiger partial charge in [-0.05, 0) is 60.4 Å². The number of hydrogen-bond acceptors (Lipinski definition) is 6. The van der Waals surface area contributed by atoms with Crippen molar-refractivity contribution in [2.24, 2.45) is 7.05 Å². The van der Waals surface area contributed by atoms with Gasteiger partial charge in [0.1, 0.15) is 11.7 Å². The Balaban J connectivity index is 1.60. The van der Waals surface area contributed by atoms with Gasteiger partial charge in [0.15, 0.2) is 0 Å². The van der Waals surface area contributed by atoms with Crippen LogP contribution >= 0.6 is 11.6 Å². The van der Waals surface area contributed by atoms with Crippen LogP contribution in [0, 0.1) is 0 Å². The fourth-order valence-corrected chi connectivity index (χ4v) is 5.55. The number of fused-ring (bicyclic) bond motifs is 2. The third-order valence-electron chi connectivity index (χ3n) is 7.19. The lowest BCUT2D eigenvalue weighted by Crippen LogP contribution is -2.54. The maximum Gasteiger partial charge on any atom is 0.254 e. The molecule has 1 N–H and O–H groups in total. The first-order valence-corrected chi connectivity index (χ1v) is 12.8. The minimum absolute atomic E-state index is 0.138. The summed E-state index contributed by atoms with van der Waals surface area (Å²) >= 11 is 6.56. The summed E-state index contributed by atoms with van der Waals surface area (Å²) in [6.45, 7) is 5.43. The Morgan fingerprint density at radius 3 is 2.62 bits per heavy atom. The third-order valence-corrected chi connectivity index (χ3v) is 7.43. The number of carbonyl (C=O) groups excluding carboxylic acids is 1. The monoisotopic (exact) mass is 521 g/mol. The van der Waals surface area contributed by atoms with Gasteiger partial charge < -0.3 is 19.3 Å². The highest BCUT2D eigenvalue weighted by Crippen LogP contribution is 2.45. The average Bonchev–Trinajstić information content (AvgIpc) is 3.24. The van der Waals surface area contributed by atoms with Gasteiger partial charge in [0.05, 0.1) is 30.0 Å². The summed E-state index contributed by atoms with van der Waals surface area (Å²) in [4.78, 5) is 25.9. The molecule has 9 heteroatoms. The molecule has 5 rings (SSSR count). The van der Waals surface area contributed by atoms with E-state index in [0.717, 1.165) is 33.7 Å². The molecule has 1 aliphatic heterocycles. The van der Waals surface area contributed by atoms with E-state index in [-0.39, 0.29) is 18.1 Å². The minimum atomic E-state index is -1.39. The van der Waals surface area contributed by atoms with E-state index in [1.807, 2.05) is 42.2 Å². The van der Waals surface area contributed by atoms with E-state index in [9.17, 15) is 9.90 Å². The third kappa shape index (κ3) is 4.82. The molecule has 0 radical (unpaired) electrons. The van der Waals surface area contributed by atoms with Crippen molar-refractivity contribution in [2.75, 3.05) is 33.3 Å². The quantitative estimate of drug-likeness (QED) is 0.551. The Kier molecular flexibility index (Phi) is 6.93. The van der Waals surface area contributed by atoms with Gasteiger partial charge in [-0.25, -0.2) is 4.98 Å². The van der Waals surface area contributed by atoms with Crippen LogP contribution in [0.3, 0.4) is 0 Å². The summed E-state index contributed by atoms with van der Waals surface area (Å²) in [5, 5.41) is 10.9. The lowest BCUT2D eigenvalue weighted by atomic mass is 9.91. The van der Waals surface area contributed by atoms with Crippen molar-refractivity contribution >= 4 is 29.2 Å². The molecular formula is C28H32ClN5O3. The van der Waals surface area contributed by atoms with Gasteiger partial charge in [0.25, 0.3) is 5.91 Å². The van der Waals surface area contributed by atoms with Crippen molar-refractivity contribution in [1.29, 1.82) is 0 Å². The molecule has 0 bridgehead atoms. The van der Waals surface area contributed by atoms with E-state index < -0.39 is 5.60 Å². The molecule has 1 unspecified atom stereocenters. The second-order valence-corrected chi connectivity index (χ2v) is 10.6. The highest BCUT2D eigenvalue weighted by Gasteiger charge is 2.37. The summed E-state index contributed by atoms with van der Waals surface area (Å²) in [7, 11) is 3.66. The molecule has 1 fully saturated rings. The van der Waals surface area contributed by atoms with Crippen LogP contribution in [-0.4, -0.2) is 74.2 Å². The molecule has 8 nitrogen and oxygen atoms in total. The number of rotatable bonds is 5. The van der Waals surface area contributed by atoms with Gasteiger partial charge in [-0.1, -0.05) is 23.7 Å². The van der Waals surface area contributed by atoms with E-state index in [2.05, 4.69) is 28.1 Å². The number of halogens is 1. The fraction of sp³-hybridized carbons (Fsp3) is 0.393. The Morgan fingerprint density at radius 1 is 1.22 bits per heavy atom. The molecule has 37 heavy (non-hydrogen) atoms. The first-order chi connectivity index (χ1) is 17.7. The summed E-state index contributed by atoms with van der Waals surface area (Å²) < 4.78 is 8.02. The molecule has 0 saturated carbocycles. The number of ether oxygens (including phenoxy) is 1. The number of aliphatic hydroxyl groups is 1. The van der Waals surface area contributed by atoms with E-state index in [4.69, 9.17) is 21.3 Å². The lowest BCUT2D eigenvalue weighted by molar-refractivity contribution is -0.149. The molecule has 2 aliphatic rings. The minimum Gasteiger partial charge on any atom is -0.381 e. The van der Waals surface area contributed by atoms with E-state index in [1.165, 1.54) is 13.8 Å². The van der Waals surface area contributed by atoms with Crippen molar-refractivity contribution in [3.8, 4) is 0 Å². The van der Waals surface area contributed by atoms with Gasteiger partial charge in [-0.3, -0.25) is 14.7 Å². The number of nitrogens with zero attached hydrogens (tertiary/aromatic N) is 5. The van der Waals surface area contributed by atoms with Crippen molar-refractivity contribution < 1.29 is 14.6 Å². The van der Waals surface area contributed by atoms with Crippen LogP contribution in [0.2, 0.25) is 5.02 Å². The van der Waals surface area contributed by atoms with E-state index in [0.29, 0.717) is 31.2 Å². The fourth-order valence-electron chi connectivity index (χ4n) is 5.37. The summed E-state index contributed by atoms with van der Waals surface area (Å²) in [6, 6.07) is 9.87. The van der Waals surface area contributed by atoms with Crippen LogP contribution < -0.4 is 0 Å². The summed E-state index contributed by atoms with van der Waals surface area (Å²) in [5.41, 5.74) is 4.57. The number of benzene rings is 1. The lowest BCUT2D eigenvalue weighted by Gasteiger charge is -2.41. The number of aromatic nitrogens is 3. The SMILES string of the molecule is COC(C1=Cc2cccnc2[C@@H](N2CCN(C(=O)C(C)(C)O)CC2)c2ccc(Cl)cc21)c1cncn1C. The highest BCUT2D eigenvalue weighted by atomic mass is 35.5. The first kappa shape index (κ1) is 25.6. The number of pyridine rings is 1. The van der Waals surface area contributed by atoms with Crippen LogP contribution in [0.15, 0.2) is 49.1 Å². The number of methoxy groups -OCH3 is 1. The standard InChI is InChI=1S/C28H32ClN5O3/c1-28(2,36)27(35)34-12-10-33(11-13-34)25-20-8-7-19(29)15-21(20)22(14-18-6-5-9-31-24(18)25)26(37-4)23-16-30-17-32(23)3/h5-9,14-17,25-26,36H,10-13H2,1-4H3/t25-,26?/m0/s1. The van der Waals surface area contributed by atoms with Gasteiger partial charge in [-0.2, -0.15) is 0 Å². The Hall–Kier alpha value is -3.04. The van der Waals surface area contributed by atoms with Gasteiger partial charge in [-0.15, -0.1) is 0 Å². The molecular weight excluding hydrogens is 490 g/mol. The predicted molar refractivity (Wildman–Crippen MR) is 143 cm³/mol. The molecule has 1 amide bonds. The second-order valence-electron chi connectivity index (χ2n) is 10.1. The van der Waals surface area contributed by atoms with Crippen LogP contribution in [0.5, 0.6) is 0 Å². The van der Waals surface area contributed by atoms with Crippen LogP contribution in [0.4, 0.5) is 0 Å². The van der Waals surface area contributed by atoms with Crippen molar-refractivity contribution in [3.63, 3.8) is 0 Å². The largest absolute Gasteiger partial charge is 0.381 e. The topological polar surface area (TPSA) is 83.7 Å². The number of amides is 1. The van der Waals surface area contributed by atoms with Gasteiger partial charge in [0.2, 0.25) is 0 Å². The van der Waals surface area contributed by atoms with Crippen molar-refractivity contribution in [1.82, 2.24) is 24.3 Å². The molecule has 3 aromatic rings. The maximum atomic E-state index is 12.7. The zero-order valence-corrected chi connectivity index (χ0v) is 22.3. The van der Waals surface area contributed by atoms with Crippen LogP contribution in [0.25, 0.3) is 11.6 Å². The average molecular weight is 522 g/mol. The molecule has 2 atom stereocenters. The van der Waals surface area contributed by atoms with Crippen LogP contribution in [0.1, 0.15) is 54.1 Å². The summed E-state index contributed by atoms with van der Waals surface area (Å²) in [6.07, 6.45) is 7.20. The smallest absolute Gasteiger partial charge is 0.254 e. The predicted octanol–water partition coefficient (Wildman–Crippen LogP) is 3.71. The molecule has 1 aliphatic carbocycles. The number of carbonyl (C=O) groups is 1. The molecule has 194 valence electrons. The van der Waals surface area contributed by atoms with E-state index >= 15 is 0 Å². The maximum absolute atomic E-state index is 12.7. The van der Waals surface area contributed by atoms with Crippen LogP contribution in [-0.2, 0) is 16.6 Å². The molecule has 1 saturated heterocycles. The van der Waals surface area contributed by atoms with Crippen molar-refractivity contribution in [2.45, 2.75) is 31.6 Å². The normalized spacial score (nSPS) is 19.0. The second kappa shape index (κ2) is 10.0. The Labute approximate surface area is 222 Å². The van der Waals surface area contributed by atoms with Gasteiger partial charge in [0, 0.05) is 51.6 Å². The number of hydrogen-bond donors (Lipinski definition) is 1. The van der Waals surface area contributed by atoms with Crippen molar-refractivity contribution in [3.05, 3.63) is 82.2 Å². The number of imidazole rings is 1. The Morgan fingerprint density at radius 2 is 1.97 bits per heavy atom. The van der Waals surface area contributed by atoms with Gasteiger partial charge >= 0.3 is 0 Å². The highest BCUT2D eigenvalue weighted by molar-refractivity contribution is 6.30.